The molecule has 2 N–H and O–H groups in total. The van der Waals surface area contributed by atoms with Crippen LogP contribution in [0.5, 0.6) is 0 Å². The average molecular weight is 308 g/mol. The van der Waals surface area contributed by atoms with E-state index < -0.39 is 6.04 Å². The van der Waals surface area contributed by atoms with Crippen LogP contribution in [0.2, 0.25) is 0 Å². The van der Waals surface area contributed by atoms with Gasteiger partial charge in [0.25, 0.3) is 0 Å². The van der Waals surface area contributed by atoms with Gasteiger partial charge in [-0.1, -0.05) is 42.5 Å². The van der Waals surface area contributed by atoms with Crippen LogP contribution in [0.4, 0.5) is 5.69 Å². The second-order valence-electron chi connectivity index (χ2n) is 5.18. The first-order valence-electron chi connectivity index (χ1n) is 7.38. The van der Waals surface area contributed by atoms with Gasteiger partial charge in [-0.15, -0.1) is 0 Å². The van der Waals surface area contributed by atoms with Gasteiger partial charge in [0, 0.05) is 17.7 Å². The molecule has 0 radical (unpaired) electrons. The Hall–Kier alpha value is -2.63. The van der Waals surface area contributed by atoms with Crippen molar-refractivity contribution in [2.45, 2.75) is 6.04 Å². The number of ketones is 2. The lowest BCUT2D eigenvalue weighted by atomic mass is 9.84. The summed E-state index contributed by atoms with van der Waals surface area (Å²) >= 11 is 0. The first-order chi connectivity index (χ1) is 11.2. The first-order valence-corrected chi connectivity index (χ1v) is 7.38. The molecule has 116 valence electrons. The molecule has 1 aliphatic rings. The summed E-state index contributed by atoms with van der Waals surface area (Å²) in [6.07, 6.45) is 0. The summed E-state index contributed by atoms with van der Waals surface area (Å²) in [5.74, 6) is -0.470. The van der Waals surface area contributed by atoms with Crippen LogP contribution in [0.25, 0.3) is 0 Å². The fourth-order valence-corrected chi connectivity index (χ4v) is 2.60. The van der Waals surface area contributed by atoms with Gasteiger partial charge in [0.15, 0.2) is 5.78 Å². The molecule has 0 saturated carbocycles. The number of aliphatic hydroxyl groups excluding tert-OH is 1. The maximum Gasteiger partial charge on any atom is 0.210 e. The minimum atomic E-state index is -0.843. The van der Waals surface area contributed by atoms with Crippen molar-refractivity contribution in [1.29, 1.82) is 0 Å². The Morgan fingerprint density at radius 3 is 2.30 bits per heavy atom. The van der Waals surface area contributed by atoms with E-state index in [9.17, 15) is 9.59 Å². The Kier molecular flexibility index (Phi) is 4.41. The summed E-state index contributed by atoms with van der Waals surface area (Å²) < 4.78 is 0. The Labute approximate surface area is 133 Å². The van der Waals surface area contributed by atoms with Crippen LogP contribution in [0.3, 0.4) is 0 Å². The molecule has 0 fully saturated rings. The quantitative estimate of drug-likeness (QED) is 0.902. The molecular weight excluding hydrogens is 292 g/mol. The number of nitrogens with zero attached hydrogens (tertiary/aromatic N) is 1. The van der Waals surface area contributed by atoms with Crippen LogP contribution >= 0.6 is 0 Å². The van der Waals surface area contributed by atoms with Gasteiger partial charge in [0.1, 0.15) is 11.8 Å². The van der Waals surface area contributed by atoms with E-state index in [1.54, 1.807) is 36.4 Å². The van der Waals surface area contributed by atoms with Gasteiger partial charge in [0.05, 0.1) is 12.3 Å². The number of benzene rings is 2. The maximum absolute atomic E-state index is 12.8. The summed E-state index contributed by atoms with van der Waals surface area (Å²) in [6, 6.07) is 14.9. The molecule has 0 spiro atoms. The molecular formula is C18H16N2O3. The van der Waals surface area contributed by atoms with Gasteiger partial charge in [-0.05, 0) is 12.1 Å². The third-order valence-corrected chi connectivity index (χ3v) is 3.67. The van der Waals surface area contributed by atoms with Crippen LogP contribution in [0.1, 0.15) is 20.7 Å². The molecule has 2 aromatic carbocycles. The van der Waals surface area contributed by atoms with Crippen molar-refractivity contribution in [3.8, 4) is 0 Å². The molecule has 1 aliphatic carbocycles. The zero-order chi connectivity index (χ0) is 16.2. The summed E-state index contributed by atoms with van der Waals surface area (Å²) in [6.45, 7) is 0.0812. The summed E-state index contributed by atoms with van der Waals surface area (Å²) in [4.78, 5) is 29.8. The monoisotopic (exact) mass is 308 g/mol. The van der Waals surface area contributed by atoms with Gasteiger partial charge in [-0.3, -0.25) is 14.9 Å². The van der Waals surface area contributed by atoms with Crippen molar-refractivity contribution in [3.63, 3.8) is 0 Å². The van der Waals surface area contributed by atoms with Crippen molar-refractivity contribution in [2.75, 3.05) is 13.2 Å². The van der Waals surface area contributed by atoms with E-state index in [2.05, 4.69) is 10.3 Å². The third kappa shape index (κ3) is 2.97. The Morgan fingerprint density at radius 2 is 1.61 bits per heavy atom. The molecule has 5 heteroatoms. The van der Waals surface area contributed by atoms with Crippen molar-refractivity contribution in [1.82, 2.24) is 5.32 Å². The van der Waals surface area contributed by atoms with Gasteiger partial charge < -0.3 is 5.11 Å². The first kappa shape index (κ1) is 15.3. The average Bonchev–Trinajstić information content (AvgIpc) is 2.60. The number of aliphatic hydroxyl groups is 1. The van der Waals surface area contributed by atoms with Crippen molar-refractivity contribution in [3.05, 3.63) is 65.7 Å². The van der Waals surface area contributed by atoms with Gasteiger partial charge in [0.2, 0.25) is 5.78 Å². The van der Waals surface area contributed by atoms with Crippen molar-refractivity contribution < 1.29 is 14.7 Å². The molecule has 0 saturated heterocycles. The third-order valence-electron chi connectivity index (χ3n) is 3.67. The predicted octanol–water partition coefficient (Wildman–Crippen LogP) is 1.79. The lowest BCUT2D eigenvalue weighted by Gasteiger charge is -2.25. The SMILES string of the molecule is O=C1C(=Nc2ccccc2)C(NCCO)C(=O)c2ccccc21. The number of rotatable bonds is 4. The number of Topliss-reactive ketones (excluding diaryl/α,β-unsaturated/α-hetero) is 2. The standard InChI is InChI=1S/C18H16N2O3/c21-11-10-19-15-16(20-12-6-2-1-3-7-12)18(23)14-9-5-4-8-13(14)17(15)22/h1-9,15,19,21H,10-11H2. The lowest BCUT2D eigenvalue weighted by Crippen LogP contribution is -2.51. The molecule has 0 amide bonds. The smallest absolute Gasteiger partial charge is 0.210 e. The lowest BCUT2D eigenvalue weighted by molar-refractivity contribution is 0.0934. The minimum absolute atomic E-state index is 0.127. The van der Waals surface area contributed by atoms with E-state index in [0.29, 0.717) is 16.8 Å². The van der Waals surface area contributed by atoms with E-state index in [0.717, 1.165) is 0 Å². The molecule has 0 aromatic heterocycles. The highest BCUT2D eigenvalue weighted by atomic mass is 16.3. The number of aliphatic imine (C=N–C) groups is 1. The normalized spacial score (nSPS) is 19.0. The highest BCUT2D eigenvalue weighted by Gasteiger charge is 2.37. The van der Waals surface area contributed by atoms with Crippen molar-refractivity contribution in [2.24, 2.45) is 4.99 Å². The van der Waals surface area contributed by atoms with E-state index in [-0.39, 0.29) is 30.4 Å². The molecule has 23 heavy (non-hydrogen) atoms. The highest BCUT2D eigenvalue weighted by Crippen LogP contribution is 2.22. The largest absolute Gasteiger partial charge is 0.395 e. The molecule has 5 nitrogen and oxygen atoms in total. The molecule has 3 rings (SSSR count). The number of carbonyl (C=O) groups excluding carboxylic acids is 2. The van der Waals surface area contributed by atoms with E-state index in [4.69, 9.17) is 5.11 Å². The van der Waals surface area contributed by atoms with Crippen LogP contribution in [0, 0.1) is 0 Å². The van der Waals surface area contributed by atoms with Gasteiger partial charge >= 0.3 is 0 Å². The second-order valence-corrected chi connectivity index (χ2v) is 5.18. The fourth-order valence-electron chi connectivity index (χ4n) is 2.60. The summed E-state index contributed by atoms with van der Waals surface area (Å²) in [7, 11) is 0. The fraction of sp³-hybridized carbons (Fsp3) is 0.167. The maximum atomic E-state index is 12.8. The number of hydrogen-bond donors (Lipinski definition) is 2. The molecule has 0 bridgehead atoms. The number of para-hydroxylation sites is 1. The Morgan fingerprint density at radius 1 is 0.957 bits per heavy atom. The topological polar surface area (TPSA) is 78.8 Å². The number of hydrogen-bond acceptors (Lipinski definition) is 5. The van der Waals surface area contributed by atoms with E-state index in [1.807, 2.05) is 18.2 Å². The minimum Gasteiger partial charge on any atom is -0.395 e. The number of nitrogens with one attached hydrogen (secondary N) is 1. The van der Waals surface area contributed by atoms with Crippen LogP contribution < -0.4 is 5.32 Å². The zero-order valence-corrected chi connectivity index (χ0v) is 12.4. The highest BCUT2D eigenvalue weighted by molar-refractivity contribution is 6.55. The van der Waals surface area contributed by atoms with Gasteiger partial charge in [-0.25, -0.2) is 4.99 Å². The molecule has 0 aliphatic heterocycles. The van der Waals surface area contributed by atoms with E-state index in [1.165, 1.54) is 0 Å². The Balaban J connectivity index is 2.09. The molecule has 1 atom stereocenters. The van der Waals surface area contributed by atoms with Crippen LogP contribution in [-0.2, 0) is 0 Å². The summed E-state index contributed by atoms with van der Waals surface area (Å²) in [5.41, 5.74) is 1.53. The molecule has 1 unspecified atom stereocenters. The Bertz CT molecular complexity index is 769. The molecule has 2 aromatic rings. The van der Waals surface area contributed by atoms with E-state index >= 15 is 0 Å². The number of carbonyl (C=O) groups is 2. The zero-order valence-electron chi connectivity index (χ0n) is 12.4. The second kappa shape index (κ2) is 6.64. The predicted molar refractivity (Wildman–Crippen MR) is 87.5 cm³/mol. The summed E-state index contributed by atoms with van der Waals surface area (Å²) in [5, 5.41) is 11.9. The van der Waals surface area contributed by atoms with Crippen LogP contribution in [0.15, 0.2) is 59.6 Å². The van der Waals surface area contributed by atoms with Gasteiger partial charge in [-0.2, -0.15) is 0 Å². The van der Waals surface area contributed by atoms with Crippen molar-refractivity contribution >= 4 is 23.0 Å². The van der Waals surface area contributed by atoms with Crippen LogP contribution in [-0.4, -0.2) is 41.6 Å². The number of fused-ring (bicyclic) bond motifs is 1. The molecule has 0 heterocycles.